The van der Waals surface area contributed by atoms with Gasteiger partial charge in [-0.3, -0.25) is 4.79 Å². The molecule has 1 aromatic heterocycles. The number of amides is 1. The molecule has 0 saturated heterocycles. The Balaban J connectivity index is 2.32. The number of nitrogens with one attached hydrogen (secondary N) is 1. The van der Waals surface area contributed by atoms with Gasteiger partial charge in [0.05, 0.1) is 6.61 Å². The quantitative estimate of drug-likeness (QED) is 0.907. The van der Waals surface area contributed by atoms with Gasteiger partial charge in [-0.05, 0) is 19.1 Å². The first-order valence-electron chi connectivity index (χ1n) is 6.21. The predicted molar refractivity (Wildman–Crippen MR) is 77.8 cm³/mol. The summed E-state index contributed by atoms with van der Waals surface area (Å²) in [4.78, 5) is 21.0. The summed E-state index contributed by atoms with van der Waals surface area (Å²) in [6, 6.07) is 7.26. The number of hydrogen-bond donors (Lipinski definition) is 2. The number of imidazole rings is 1. The Morgan fingerprint density at radius 1 is 1.50 bits per heavy atom. The summed E-state index contributed by atoms with van der Waals surface area (Å²) in [6.45, 7) is 1.99. The molecule has 0 spiro atoms. The van der Waals surface area contributed by atoms with E-state index < -0.39 is 0 Å². The first kappa shape index (κ1) is 14.6. The number of halogens is 1. The van der Waals surface area contributed by atoms with Gasteiger partial charge in [-0.1, -0.05) is 23.7 Å². The Kier molecular flexibility index (Phi) is 4.42. The van der Waals surface area contributed by atoms with Crippen LogP contribution in [0.2, 0.25) is 5.02 Å². The lowest BCUT2D eigenvalue weighted by atomic mass is 10.2. The number of aliphatic hydroxyl groups is 1. The fraction of sp³-hybridized carbons (Fsp3) is 0.286. The standard InChI is InChI=1S/C14H16ClN3O2/c1-9-12(14(20)18(2)6-7-19)17-13(16-9)10-4-3-5-11(15)8-10/h3-5,8,19H,6-7H2,1-2H3,(H,16,17). The first-order valence-corrected chi connectivity index (χ1v) is 6.59. The molecule has 0 fully saturated rings. The molecule has 5 nitrogen and oxygen atoms in total. The van der Waals surface area contributed by atoms with Gasteiger partial charge in [-0.2, -0.15) is 0 Å². The maximum Gasteiger partial charge on any atom is 0.274 e. The van der Waals surface area contributed by atoms with Crippen LogP contribution >= 0.6 is 11.6 Å². The van der Waals surface area contributed by atoms with Crippen LogP contribution in [-0.4, -0.2) is 46.1 Å². The minimum Gasteiger partial charge on any atom is -0.395 e. The van der Waals surface area contributed by atoms with Gasteiger partial charge in [0.25, 0.3) is 5.91 Å². The molecule has 20 heavy (non-hydrogen) atoms. The number of carbonyl (C=O) groups is 1. The molecular formula is C14H16ClN3O2. The maximum absolute atomic E-state index is 12.2. The zero-order chi connectivity index (χ0) is 14.7. The summed E-state index contributed by atoms with van der Waals surface area (Å²) in [6.07, 6.45) is 0. The summed E-state index contributed by atoms with van der Waals surface area (Å²) in [5, 5.41) is 9.49. The Morgan fingerprint density at radius 3 is 2.90 bits per heavy atom. The van der Waals surface area contributed by atoms with Crippen LogP contribution < -0.4 is 0 Å². The number of aliphatic hydroxyl groups excluding tert-OH is 1. The van der Waals surface area contributed by atoms with Crippen molar-refractivity contribution in [3.05, 3.63) is 40.7 Å². The number of benzene rings is 1. The number of carbonyl (C=O) groups excluding carboxylic acids is 1. The van der Waals surface area contributed by atoms with Gasteiger partial charge in [0.15, 0.2) is 0 Å². The molecule has 0 aliphatic rings. The lowest BCUT2D eigenvalue weighted by Crippen LogP contribution is -2.30. The lowest BCUT2D eigenvalue weighted by Gasteiger charge is -2.14. The van der Waals surface area contributed by atoms with E-state index in [-0.39, 0.29) is 19.1 Å². The van der Waals surface area contributed by atoms with Crippen LogP contribution in [0.25, 0.3) is 11.4 Å². The molecule has 0 unspecified atom stereocenters. The molecule has 1 aromatic carbocycles. The fourth-order valence-electron chi connectivity index (χ4n) is 1.87. The number of aryl methyl sites for hydroxylation is 1. The highest BCUT2D eigenvalue weighted by molar-refractivity contribution is 6.30. The first-order chi connectivity index (χ1) is 9.52. The average Bonchev–Trinajstić information content (AvgIpc) is 2.80. The fourth-order valence-corrected chi connectivity index (χ4v) is 2.06. The van der Waals surface area contributed by atoms with Crippen LogP contribution in [0.3, 0.4) is 0 Å². The molecule has 0 aliphatic heterocycles. The van der Waals surface area contributed by atoms with Crippen molar-refractivity contribution in [1.82, 2.24) is 14.9 Å². The SMILES string of the molecule is Cc1[nH]c(-c2cccc(Cl)c2)nc1C(=O)N(C)CCO. The van der Waals surface area contributed by atoms with Gasteiger partial charge in [-0.25, -0.2) is 4.98 Å². The van der Waals surface area contributed by atoms with Gasteiger partial charge < -0.3 is 15.0 Å². The Bertz CT molecular complexity index is 625. The molecule has 106 valence electrons. The van der Waals surface area contributed by atoms with E-state index in [4.69, 9.17) is 16.7 Å². The van der Waals surface area contributed by atoms with Crippen molar-refractivity contribution in [1.29, 1.82) is 0 Å². The molecule has 2 rings (SSSR count). The van der Waals surface area contributed by atoms with Crippen molar-refractivity contribution >= 4 is 17.5 Å². The van der Waals surface area contributed by atoms with Crippen molar-refractivity contribution < 1.29 is 9.90 Å². The van der Waals surface area contributed by atoms with E-state index in [2.05, 4.69) is 9.97 Å². The number of aromatic nitrogens is 2. The van der Waals surface area contributed by atoms with Crippen molar-refractivity contribution in [2.45, 2.75) is 6.92 Å². The summed E-state index contributed by atoms with van der Waals surface area (Å²) in [7, 11) is 1.63. The normalized spacial score (nSPS) is 10.6. The summed E-state index contributed by atoms with van der Waals surface area (Å²) < 4.78 is 0. The zero-order valence-electron chi connectivity index (χ0n) is 11.4. The smallest absolute Gasteiger partial charge is 0.274 e. The van der Waals surface area contributed by atoms with E-state index in [1.165, 1.54) is 4.90 Å². The second-order valence-corrected chi connectivity index (χ2v) is 4.96. The molecule has 0 bridgehead atoms. The lowest BCUT2D eigenvalue weighted by molar-refractivity contribution is 0.0761. The van der Waals surface area contributed by atoms with Crippen LogP contribution in [0, 0.1) is 6.92 Å². The second-order valence-electron chi connectivity index (χ2n) is 4.52. The second kappa shape index (κ2) is 6.07. The highest BCUT2D eigenvalue weighted by atomic mass is 35.5. The summed E-state index contributed by atoms with van der Waals surface area (Å²) in [5.41, 5.74) is 1.87. The molecule has 2 aromatic rings. The highest BCUT2D eigenvalue weighted by Gasteiger charge is 2.19. The topological polar surface area (TPSA) is 69.2 Å². The van der Waals surface area contributed by atoms with E-state index in [9.17, 15) is 4.79 Å². The molecule has 0 saturated carbocycles. The number of likely N-dealkylation sites (N-methyl/N-ethyl adjacent to an activating group) is 1. The molecule has 0 aliphatic carbocycles. The van der Waals surface area contributed by atoms with Gasteiger partial charge in [-0.15, -0.1) is 0 Å². The Hall–Kier alpha value is -1.85. The number of H-pyrrole nitrogens is 1. The van der Waals surface area contributed by atoms with Crippen molar-refractivity contribution in [2.75, 3.05) is 20.2 Å². The summed E-state index contributed by atoms with van der Waals surface area (Å²) in [5.74, 6) is 0.381. The molecular weight excluding hydrogens is 278 g/mol. The molecule has 0 atom stereocenters. The molecule has 0 radical (unpaired) electrons. The third-order valence-corrected chi connectivity index (χ3v) is 3.20. The Morgan fingerprint density at radius 2 is 2.25 bits per heavy atom. The van der Waals surface area contributed by atoms with E-state index in [0.29, 0.717) is 22.2 Å². The van der Waals surface area contributed by atoms with E-state index in [1.54, 1.807) is 26.1 Å². The van der Waals surface area contributed by atoms with Crippen LogP contribution in [0.1, 0.15) is 16.2 Å². The van der Waals surface area contributed by atoms with Gasteiger partial charge in [0.2, 0.25) is 0 Å². The van der Waals surface area contributed by atoms with Gasteiger partial charge in [0, 0.05) is 29.9 Å². The minimum absolute atomic E-state index is 0.0765. The van der Waals surface area contributed by atoms with Crippen LogP contribution in [0.15, 0.2) is 24.3 Å². The molecule has 1 heterocycles. The minimum atomic E-state index is -0.221. The van der Waals surface area contributed by atoms with E-state index in [1.807, 2.05) is 12.1 Å². The number of hydrogen-bond acceptors (Lipinski definition) is 3. The molecule has 1 amide bonds. The largest absolute Gasteiger partial charge is 0.395 e. The number of aromatic amines is 1. The molecule has 6 heteroatoms. The van der Waals surface area contributed by atoms with Gasteiger partial charge in [0.1, 0.15) is 11.5 Å². The van der Waals surface area contributed by atoms with Crippen LogP contribution in [-0.2, 0) is 0 Å². The van der Waals surface area contributed by atoms with E-state index in [0.717, 1.165) is 5.56 Å². The molecule has 2 N–H and O–H groups in total. The maximum atomic E-state index is 12.2. The van der Waals surface area contributed by atoms with Crippen LogP contribution in [0.5, 0.6) is 0 Å². The van der Waals surface area contributed by atoms with Crippen molar-refractivity contribution in [3.8, 4) is 11.4 Å². The zero-order valence-corrected chi connectivity index (χ0v) is 12.1. The van der Waals surface area contributed by atoms with Crippen molar-refractivity contribution in [2.24, 2.45) is 0 Å². The van der Waals surface area contributed by atoms with Crippen molar-refractivity contribution in [3.63, 3.8) is 0 Å². The predicted octanol–water partition coefficient (Wildman–Crippen LogP) is 2.10. The summed E-state index contributed by atoms with van der Waals surface area (Å²) >= 11 is 5.95. The average molecular weight is 294 g/mol. The third-order valence-electron chi connectivity index (χ3n) is 2.97. The van der Waals surface area contributed by atoms with Gasteiger partial charge >= 0.3 is 0 Å². The number of nitrogens with zero attached hydrogens (tertiary/aromatic N) is 2. The Labute approximate surface area is 122 Å². The highest BCUT2D eigenvalue weighted by Crippen LogP contribution is 2.21. The van der Waals surface area contributed by atoms with E-state index >= 15 is 0 Å². The van der Waals surface area contributed by atoms with Crippen LogP contribution in [0.4, 0.5) is 0 Å². The third kappa shape index (κ3) is 3.00. The monoisotopic (exact) mass is 293 g/mol. The number of rotatable bonds is 4.